The van der Waals surface area contributed by atoms with E-state index in [9.17, 15) is 5.26 Å². The first-order valence-corrected chi connectivity index (χ1v) is 9.54. The van der Waals surface area contributed by atoms with Gasteiger partial charge in [-0.25, -0.2) is 0 Å². The molecule has 0 unspecified atom stereocenters. The molecule has 0 N–H and O–H groups in total. The zero-order valence-electron chi connectivity index (χ0n) is 16.3. The summed E-state index contributed by atoms with van der Waals surface area (Å²) in [4.78, 5) is 4.89. The standard InChI is InChI=1S/C24H27N3/c1-4-9-20-19(5-2)18-24(27-15-8-14-26(3)16-17-27)23-11-7-6-10-21(23)22(20)12-13-25/h4-7,9-12,18H,1,8,14-17H2,2-3H3/b19-5-,20-9+,22-12+. The normalized spacial score (nSPS) is 22.8. The number of hydrogen-bond acceptors (Lipinski definition) is 3. The second-order valence-corrected chi connectivity index (χ2v) is 6.97. The van der Waals surface area contributed by atoms with Crippen LogP contribution in [0.15, 0.2) is 72.4 Å². The van der Waals surface area contributed by atoms with Crippen molar-refractivity contribution in [2.75, 3.05) is 33.2 Å². The van der Waals surface area contributed by atoms with E-state index in [4.69, 9.17) is 0 Å². The first kappa shape index (κ1) is 18.9. The monoisotopic (exact) mass is 357 g/mol. The molecule has 1 saturated heterocycles. The average molecular weight is 358 g/mol. The second kappa shape index (κ2) is 8.70. The molecule has 1 fully saturated rings. The zero-order valence-corrected chi connectivity index (χ0v) is 16.3. The van der Waals surface area contributed by atoms with Crippen molar-refractivity contribution in [1.29, 1.82) is 5.26 Å². The molecule has 0 atom stereocenters. The molecule has 1 heterocycles. The first-order chi connectivity index (χ1) is 13.2. The van der Waals surface area contributed by atoms with Gasteiger partial charge in [0.05, 0.1) is 6.07 Å². The number of nitrogens with zero attached hydrogens (tertiary/aromatic N) is 3. The van der Waals surface area contributed by atoms with Gasteiger partial charge in [-0.15, -0.1) is 0 Å². The van der Waals surface area contributed by atoms with Crippen LogP contribution in [0.3, 0.4) is 0 Å². The van der Waals surface area contributed by atoms with Crippen molar-refractivity contribution >= 4 is 11.3 Å². The Morgan fingerprint density at radius 3 is 2.56 bits per heavy atom. The van der Waals surface area contributed by atoms with Crippen LogP contribution in [0, 0.1) is 11.3 Å². The SMILES string of the molecule is C=C/C=C1C(=C/C)\C=C(N2CCCN(C)CC2)c2ccccc2C\1=C\C#N. The molecular formula is C24H27N3. The quantitative estimate of drug-likeness (QED) is 0.722. The number of allylic oxidation sites excluding steroid dienone is 8. The van der Waals surface area contributed by atoms with Crippen LogP contribution in [0.2, 0.25) is 0 Å². The predicted molar refractivity (Wildman–Crippen MR) is 114 cm³/mol. The third-order valence-electron chi connectivity index (χ3n) is 5.25. The van der Waals surface area contributed by atoms with Crippen LogP contribution in [0.4, 0.5) is 0 Å². The van der Waals surface area contributed by atoms with Crippen molar-refractivity contribution in [3.8, 4) is 6.07 Å². The molecule has 138 valence electrons. The Morgan fingerprint density at radius 2 is 1.85 bits per heavy atom. The Bertz CT molecular complexity index is 877. The molecule has 0 bridgehead atoms. The third-order valence-corrected chi connectivity index (χ3v) is 5.25. The van der Waals surface area contributed by atoms with Crippen LogP contribution in [-0.2, 0) is 0 Å². The van der Waals surface area contributed by atoms with Crippen molar-refractivity contribution < 1.29 is 0 Å². The summed E-state index contributed by atoms with van der Waals surface area (Å²) in [5.41, 5.74) is 6.66. The number of rotatable bonds is 2. The highest BCUT2D eigenvalue weighted by molar-refractivity contribution is 5.94. The van der Waals surface area contributed by atoms with Gasteiger partial charge in [0.2, 0.25) is 0 Å². The molecule has 0 radical (unpaired) electrons. The van der Waals surface area contributed by atoms with Crippen LogP contribution in [-0.4, -0.2) is 43.0 Å². The summed E-state index contributed by atoms with van der Waals surface area (Å²) in [7, 11) is 2.19. The number of hydrogen-bond donors (Lipinski definition) is 0. The van der Waals surface area contributed by atoms with Gasteiger partial charge in [0, 0.05) is 42.5 Å². The van der Waals surface area contributed by atoms with Crippen LogP contribution < -0.4 is 0 Å². The van der Waals surface area contributed by atoms with Crippen molar-refractivity contribution in [2.24, 2.45) is 0 Å². The van der Waals surface area contributed by atoms with Gasteiger partial charge in [-0.3, -0.25) is 0 Å². The number of benzene rings is 1. The van der Waals surface area contributed by atoms with Gasteiger partial charge in [-0.1, -0.05) is 49.1 Å². The lowest BCUT2D eigenvalue weighted by Gasteiger charge is -2.27. The summed E-state index contributed by atoms with van der Waals surface area (Å²) < 4.78 is 0. The van der Waals surface area contributed by atoms with Gasteiger partial charge in [0.15, 0.2) is 0 Å². The first-order valence-electron chi connectivity index (χ1n) is 9.54. The Kier molecular flexibility index (Phi) is 6.11. The maximum atomic E-state index is 9.43. The minimum absolute atomic E-state index is 0.958. The molecule has 0 aromatic heterocycles. The minimum atomic E-state index is 0.958. The molecule has 27 heavy (non-hydrogen) atoms. The van der Waals surface area contributed by atoms with Gasteiger partial charge in [-0.2, -0.15) is 5.26 Å². The van der Waals surface area contributed by atoms with E-state index in [0.29, 0.717) is 0 Å². The lowest BCUT2D eigenvalue weighted by atomic mass is 9.91. The number of nitriles is 1. The predicted octanol–water partition coefficient (Wildman–Crippen LogP) is 4.64. The Morgan fingerprint density at radius 1 is 1.07 bits per heavy atom. The van der Waals surface area contributed by atoms with E-state index in [1.165, 1.54) is 11.3 Å². The molecule has 0 spiro atoms. The maximum absolute atomic E-state index is 9.43. The molecule has 1 aliphatic heterocycles. The van der Waals surface area contributed by atoms with Crippen molar-refractivity contribution in [3.63, 3.8) is 0 Å². The van der Waals surface area contributed by atoms with Crippen LogP contribution in [0.5, 0.6) is 0 Å². The second-order valence-electron chi connectivity index (χ2n) is 6.97. The number of fused-ring (bicyclic) bond motifs is 1. The van der Waals surface area contributed by atoms with E-state index < -0.39 is 0 Å². The van der Waals surface area contributed by atoms with E-state index in [0.717, 1.165) is 54.9 Å². The molecule has 1 aromatic carbocycles. The fourth-order valence-corrected chi connectivity index (χ4v) is 3.86. The van der Waals surface area contributed by atoms with Gasteiger partial charge in [0.25, 0.3) is 0 Å². The average Bonchev–Trinajstić information content (AvgIpc) is 2.97. The van der Waals surface area contributed by atoms with Crippen molar-refractivity contribution in [3.05, 3.63) is 83.5 Å². The Balaban J connectivity index is 2.22. The molecule has 0 saturated carbocycles. The minimum Gasteiger partial charge on any atom is -0.370 e. The zero-order chi connectivity index (χ0) is 19.2. The highest BCUT2D eigenvalue weighted by atomic mass is 15.2. The summed E-state index contributed by atoms with van der Waals surface area (Å²) in [6, 6.07) is 10.7. The summed E-state index contributed by atoms with van der Waals surface area (Å²) in [5.74, 6) is 0. The largest absolute Gasteiger partial charge is 0.370 e. The highest BCUT2D eigenvalue weighted by Gasteiger charge is 2.24. The fraction of sp³-hybridized carbons (Fsp3) is 0.292. The van der Waals surface area contributed by atoms with Crippen LogP contribution in [0.1, 0.15) is 24.5 Å². The van der Waals surface area contributed by atoms with E-state index >= 15 is 0 Å². The molecular weight excluding hydrogens is 330 g/mol. The van der Waals surface area contributed by atoms with Crippen molar-refractivity contribution in [2.45, 2.75) is 13.3 Å². The lowest BCUT2D eigenvalue weighted by molar-refractivity contribution is 0.342. The molecule has 1 aliphatic carbocycles. The third kappa shape index (κ3) is 3.97. The lowest BCUT2D eigenvalue weighted by Crippen LogP contribution is -2.28. The molecule has 1 aromatic rings. The number of likely N-dealkylation sites (N-methyl/N-ethyl adjacent to an activating group) is 1. The highest BCUT2D eigenvalue weighted by Crippen LogP contribution is 2.40. The molecule has 0 amide bonds. The fourth-order valence-electron chi connectivity index (χ4n) is 3.86. The Hall–Kier alpha value is -2.83. The summed E-state index contributed by atoms with van der Waals surface area (Å²) >= 11 is 0. The maximum Gasteiger partial charge on any atom is 0.0918 e. The van der Waals surface area contributed by atoms with Gasteiger partial charge >= 0.3 is 0 Å². The summed E-state index contributed by atoms with van der Waals surface area (Å²) in [6.45, 7) is 10.2. The molecule has 3 rings (SSSR count). The molecule has 3 heteroatoms. The van der Waals surface area contributed by atoms with E-state index in [1.54, 1.807) is 12.2 Å². The Labute approximate surface area is 162 Å². The van der Waals surface area contributed by atoms with Crippen molar-refractivity contribution in [1.82, 2.24) is 9.80 Å². The van der Waals surface area contributed by atoms with Crippen LogP contribution >= 0.6 is 0 Å². The topological polar surface area (TPSA) is 30.3 Å². The van der Waals surface area contributed by atoms with E-state index in [2.05, 4.69) is 66.8 Å². The molecule has 3 nitrogen and oxygen atoms in total. The van der Waals surface area contributed by atoms with E-state index in [-0.39, 0.29) is 0 Å². The van der Waals surface area contributed by atoms with Crippen LogP contribution in [0.25, 0.3) is 11.3 Å². The van der Waals surface area contributed by atoms with Gasteiger partial charge in [-0.05, 0) is 49.7 Å². The van der Waals surface area contributed by atoms with Gasteiger partial charge < -0.3 is 9.80 Å². The molecule has 2 aliphatic rings. The summed E-state index contributed by atoms with van der Waals surface area (Å²) in [6.07, 6.45) is 11.0. The van der Waals surface area contributed by atoms with Gasteiger partial charge in [0.1, 0.15) is 0 Å². The summed E-state index contributed by atoms with van der Waals surface area (Å²) in [5, 5.41) is 9.43. The van der Waals surface area contributed by atoms with E-state index in [1.807, 2.05) is 12.1 Å². The smallest absolute Gasteiger partial charge is 0.0918 e.